The highest BCUT2D eigenvalue weighted by Gasteiger charge is 2.30. The molecule has 0 atom stereocenters. The van der Waals surface area contributed by atoms with E-state index in [1.54, 1.807) is 38.5 Å². The first kappa shape index (κ1) is 23.7. The number of carbonyl (C=O) groups excluding carboxylic acids is 3. The van der Waals surface area contributed by atoms with Crippen molar-refractivity contribution in [2.75, 3.05) is 32.3 Å². The van der Waals surface area contributed by atoms with Gasteiger partial charge in [-0.25, -0.2) is 0 Å². The lowest BCUT2D eigenvalue weighted by atomic mass is 10.2. The van der Waals surface area contributed by atoms with Gasteiger partial charge in [-0.15, -0.1) is 0 Å². The summed E-state index contributed by atoms with van der Waals surface area (Å²) >= 11 is 1.36. The lowest BCUT2D eigenvalue weighted by Crippen LogP contribution is -2.28. The van der Waals surface area contributed by atoms with Crippen LogP contribution in [0.3, 0.4) is 0 Å². The van der Waals surface area contributed by atoms with Gasteiger partial charge >= 0.3 is 0 Å². The Hall–Kier alpha value is -3.50. The molecule has 178 valence electrons. The molecule has 0 bridgehead atoms. The number of ether oxygens (including phenoxy) is 3. The Balaban J connectivity index is 1.71. The zero-order valence-electron chi connectivity index (χ0n) is 19.2. The summed E-state index contributed by atoms with van der Waals surface area (Å²) < 4.78 is 19.2. The van der Waals surface area contributed by atoms with Crippen molar-refractivity contribution in [3.8, 4) is 11.5 Å². The van der Waals surface area contributed by atoms with Gasteiger partial charge in [0.1, 0.15) is 0 Å². The number of anilines is 1. The molecule has 0 radical (unpaired) electrons. The molecule has 10 heteroatoms. The van der Waals surface area contributed by atoms with Crippen LogP contribution >= 0.6 is 11.3 Å². The number of benzene rings is 2. The molecular formula is C24H25N3O6S. The third-order valence-corrected chi connectivity index (χ3v) is 6.51. The van der Waals surface area contributed by atoms with Crippen molar-refractivity contribution in [1.82, 2.24) is 4.57 Å². The maximum absolute atomic E-state index is 13.0. The maximum Gasteiger partial charge on any atom is 0.279 e. The second-order valence-corrected chi connectivity index (χ2v) is 8.50. The first-order valence-corrected chi connectivity index (χ1v) is 11.7. The van der Waals surface area contributed by atoms with Gasteiger partial charge < -0.3 is 18.8 Å². The number of imide groups is 1. The molecule has 2 aromatic carbocycles. The highest BCUT2D eigenvalue weighted by Crippen LogP contribution is 2.33. The van der Waals surface area contributed by atoms with Crippen molar-refractivity contribution >= 4 is 45.0 Å². The van der Waals surface area contributed by atoms with E-state index in [0.29, 0.717) is 47.3 Å². The molecule has 0 saturated carbocycles. The second kappa shape index (κ2) is 10.2. The minimum absolute atomic E-state index is 0.206. The molecule has 1 aliphatic heterocycles. The fourth-order valence-electron chi connectivity index (χ4n) is 3.77. The van der Waals surface area contributed by atoms with Gasteiger partial charge in [0.05, 0.1) is 36.7 Å². The van der Waals surface area contributed by atoms with E-state index in [1.807, 2.05) is 23.6 Å². The SMILES string of the molecule is CCOCCn1c(=NC(=O)c2ccc(N3C(=O)CCC3=O)cc2)sc2cc(OC)c(OC)cc21. The number of rotatable bonds is 8. The average molecular weight is 484 g/mol. The Bertz CT molecular complexity index is 1290. The molecule has 1 aliphatic rings. The Morgan fingerprint density at radius 3 is 2.29 bits per heavy atom. The summed E-state index contributed by atoms with van der Waals surface area (Å²) in [5.74, 6) is 0.270. The van der Waals surface area contributed by atoms with Gasteiger partial charge in [-0.3, -0.25) is 19.3 Å². The molecule has 1 saturated heterocycles. The van der Waals surface area contributed by atoms with E-state index in [-0.39, 0.29) is 24.7 Å². The first-order valence-electron chi connectivity index (χ1n) is 10.8. The summed E-state index contributed by atoms with van der Waals surface area (Å²) in [6, 6.07) is 10.0. The van der Waals surface area contributed by atoms with Crippen molar-refractivity contribution in [2.45, 2.75) is 26.3 Å². The van der Waals surface area contributed by atoms with Gasteiger partial charge in [-0.05, 0) is 31.2 Å². The van der Waals surface area contributed by atoms with E-state index < -0.39 is 5.91 Å². The van der Waals surface area contributed by atoms with Crippen LogP contribution in [0.4, 0.5) is 5.69 Å². The molecule has 3 aromatic rings. The largest absolute Gasteiger partial charge is 0.493 e. The summed E-state index contributed by atoms with van der Waals surface area (Å²) in [5.41, 5.74) is 1.67. The monoisotopic (exact) mass is 483 g/mol. The van der Waals surface area contributed by atoms with Gasteiger partial charge in [0, 0.05) is 43.7 Å². The Kier molecular flexibility index (Phi) is 7.09. The molecule has 1 fully saturated rings. The fourth-order valence-corrected chi connectivity index (χ4v) is 4.83. The van der Waals surface area contributed by atoms with Crippen LogP contribution < -0.4 is 19.2 Å². The van der Waals surface area contributed by atoms with Gasteiger partial charge in [0.2, 0.25) is 11.8 Å². The van der Waals surface area contributed by atoms with Crippen LogP contribution in [0.25, 0.3) is 10.2 Å². The Labute approximate surface area is 200 Å². The Morgan fingerprint density at radius 2 is 1.68 bits per heavy atom. The molecule has 3 amide bonds. The lowest BCUT2D eigenvalue weighted by molar-refractivity contribution is -0.121. The molecule has 9 nitrogen and oxygen atoms in total. The highest BCUT2D eigenvalue weighted by molar-refractivity contribution is 7.16. The summed E-state index contributed by atoms with van der Waals surface area (Å²) in [6.45, 7) is 3.48. The molecular weight excluding hydrogens is 458 g/mol. The van der Waals surface area contributed by atoms with E-state index in [9.17, 15) is 14.4 Å². The predicted molar refractivity (Wildman–Crippen MR) is 127 cm³/mol. The third kappa shape index (κ3) is 4.59. The minimum Gasteiger partial charge on any atom is -0.493 e. The zero-order chi connectivity index (χ0) is 24.2. The van der Waals surface area contributed by atoms with Crippen molar-refractivity contribution < 1.29 is 28.6 Å². The molecule has 1 aromatic heterocycles. The maximum atomic E-state index is 13.0. The molecule has 4 rings (SSSR count). The standard InChI is InChI=1S/C24H25N3O6S/c1-4-33-12-11-26-17-13-18(31-2)19(32-3)14-20(17)34-24(26)25-23(30)15-5-7-16(8-6-15)27-21(28)9-10-22(27)29/h5-8,13-14H,4,9-12H2,1-3H3. The predicted octanol–water partition coefficient (Wildman–Crippen LogP) is 3.15. The van der Waals surface area contributed by atoms with Crippen LogP contribution in [-0.2, 0) is 20.9 Å². The van der Waals surface area contributed by atoms with E-state index in [4.69, 9.17) is 14.2 Å². The second-order valence-electron chi connectivity index (χ2n) is 7.49. The van der Waals surface area contributed by atoms with Crippen molar-refractivity contribution in [3.63, 3.8) is 0 Å². The van der Waals surface area contributed by atoms with E-state index in [2.05, 4.69) is 4.99 Å². The summed E-state index contributed by atoms with van der Waals surface area (Å²) in [5, 5.41) is 0. The van der Waals surface area contributed by atoms with Crippen LogP contribution in [0.1, 0.15) is 30.1 Å². The number of aromatic nitrogens is 1. The summed E-state index contributed by atoms with van der Waals surface area (Å²) in [4.78, 5) is 42.9. The van der Waals surface area contributed by atoms with Gasteiger partial charge in [-0.1, -0.05) is 11.3 Å². The summed E-state index contributed by atoms with van der Waals surface area (Å²) in [6.07, 6.45) is 0.413. The summed E-state index contributed by atoms with van der Waals surface area (Å²) in [7, 11) is 3.14. The number of hydrogen-bond donors (Lipinski definition) is 0. The van der Waals surface area contributed by atoms with Gasteiger partial charge in [0.25, 0.3) is 5.91 Å². The molecule has 0 spiro atoms. The quantitative estimate of drug-likeness (QED) is 0.361. The number of amides is 3. The smallest absolute Gasteiger partial charge is 0.279 e. The zero-order valence-corrected chi connectivity index (χ0v) is 20.0. The van der Waals surface area contributed by atoms with E-state index >= 15 is 0 Å². The normalized spacial score (nSPS) is 14.3. The fraction of sp³-hybridized carbons (Fsp3) is 0.333. The number of nitrogens with zero attached hydrogens (tertiary/aromatic N) is 3. The van der Waals surface area contributed by atoms with Crippen LogP contribution in [0.2, 0.25) is 0 Å². The first-order chi connectivity index (χ1) is 16.5. The van der Waals surface area contributed by atoms with Crippen LogP contribution in [0.15, 0.2) is 41.4 Å². The van der Waals surface area contributed by atoms with Crippen LogP contribution in [0, 0.1) is 0 Å². The van der Waals surface area contributed by atoms with Crippen LogP contribution in [-0.4, -0.2) is 49.7 Å². The van der Waals surface area contributed by atoms with Crippen molar-refractivity contribution in [3.05, 3.63) is 46.8 Å². The van der Waals surface area contributed by atoms with Gasteiger partial charge in [0.15, 0.2) is 16.3 Å². The van der Waals surface area contributed by atoms with Crippen molar-refractivity contribution in [2.24, 2.45) is 4.99 Å². The molecule has 2 heterocycles. The van der Waals surface area contributed by atoms with Crippen LogP contribution in [0.5, 0.6) is 11.5 Å². The van der Waals surface area contributed by atoms with E-state index in [1.165, 1.54) is 11.3 Å². The van der Waals surface area contributed by atoms with E-state index in [0.717, 1.165) is 15.1 Å². The number of carbonyl (C=O) groups is 3. The lowest BCUT2D eigenvalue weighted by Gasteiger charge is -2.13. The number of hydrogen-bond acceptors (Lipinski definition) is 7. The molecule has 0 unspecified atom stereocenters. The average Bonchev–Trinajstić information content (AvgIpc) is 3.36. The number of methoxy groups -OCH3 is 2. The number of thiazole rings is 1. The van der Waals surface area contributed by atoms with Gasteiger partial charge in [-0.2, -0.15) is 4.99 Å². The number of fused-ring (bicyclic) bond motifs is 1. The molecule has 0 aliphatic carbocycles. The Morgan fingerprint density at radius 1 is 1.03 bits per heavy atom. The minimum atomic E-state index is -0.429. The third-order valence-electron chi connectivity index (χ3n) is 5.47. The molecule has 0 N–H and O–H groups in total. The topological polar surface area (TPSA) is 99.4 Å². The molecule has 34 heavy (non-hydrogen) atoms. The highest BCUT2D eigenvalue weighted by atomic mass is 32.1. The van der Waals surface area contributed by atoms with Crippen molar-refractivity contribution in [1.29, 1.82) is 0 Å².